The zero-order chi connectivity index (χ0) is 52.9. The van der Waals surface area contributed by atoms with E-state index < -0.39 is 6.10 Å². The molecule has 0 aliphatic carbocycles. The van der Waals surface area contributed by atoms with Gasteiger partial charge in [0.05, 0.1) is 0 Å². The Bertz CT molecular complexity index is 1180. The predicted octanol–water partition coefficient (Wildman–Crippen LogP) is 22.2. The minimum atomic E-state index is -0.772. The lowest BCUT2D eigenvalue weighted by molar-refractivity contribution is -0.167. The van der Waals surface area contributed by atoms with Crippen LogP contribution in [-0.2, 0) is 28.6 Å². The second kappa shape index (κ2) is 62.4. The van der Waals surface area contributed by atoms with Crippen LogP contribution in [0.25, 0.3) is 0 Å². The molecule has 0 unspecified atom stereocenters. The van der Waals surface area contributed by atoms with Gasteiger partial charge in [0.15, 0.2) is 6.10 Å². The Labute approximate surface area is 455 Å². The summed E-state index contributed by atoms with van der Waals surface area (Å²) in [5.74, 6) is -0.851. The first-order valence-electron chi connectivity index (χ1n) is 32.8. The first-order chi connectivity index (χ1) is 36.0. The molecule has 6 heteroatoms. The Morgan fingerprint density at radius 3 is 0.699 bits per heavy atom. The fourth-order valence-corrected chi connectivity index (χ4v) is 9.97. The van der Waals surface area contributed by atoms with Crippen molar-refractivity contribution >= 4 is 17.9 Å². The number of carbonyl (C=O) groups excluding carboxylic acids is 3. The van der Waals surface area contributed by atoms with E-state index in [1.54, 1.807) is 0 Å². The highest BCUT2D eigenvalue weighted by atomic mass is 16.6. The van der Waals surface area contributed by atoms with E-state index in [-0.39, 0.29) is 31.1 Å². The van der Waals surface area contributed by atoms with Gasteiger partial charge in [0.1, 0.15) is 13.2 Å². The lowest BCUT2D eigenvalue weighted by atomic mass is 10.0. The number of hydrogen-bond acceptors (Lipinski definition) is 6. The molecule has 0 aromatic heterocycles. The number of rotatable bonds is 61. The summed E-state index contributed by atoms with van der Waals surface area (Å²) in [7, 11) is 0. The van der Waals surface area contributed by atoms with Crippen LogP contribution in [0.4, 0.5) is 0 Å². The Morgan fingerprint density at radius 1 is 0.260 bits per heavy atom. The van der Waals surface area contributed by atoms with Crippen molar-refractivity contribution in [1.82, 2.24) is 0 Å². The van der Waals surface area contributed by atoms with Crippen molar-refractivity contribution in [1.29, 1.82) is 0 Å². The smallest absolute Gasteiger partial charge is 0.306 e. The third kappa shape index (κ3) is 60.6. The largest absolute Gasteiger partial charge is 0.462 e. The Morgan fingerprint density at radius 2 is 0.452 bits per heavy atom. The van der Waals surface area contributed by atoms with Gasteiger partial charge in [-0.1, -0.05) is 302 Å². The zero-order valence-corrected chi connectivity index (χ0v) is 49.4. The quantitative estimate of drug-likeness (QED) is 0.0261. The van der Waals surface area contributed by atoms with Crippen molar-refractivity contribution in [3.63, 3.8) is 0 Å². The van der Waals surface area contributed by atoms with Crippen LogP contribution >= 0.6 is 0 Å². The average Bonchev–Trinajstić information content (AvgIpc) is 3.39. The molecule has 1 atom stereocenters. The lowest BCUT2D eigenvalue weighted by Gasteiger charge is -2.18. The zero-order valence-electron chi connectivity index (χ0n) is 49.4. The molecule has 430 valence electrons. The molecule has 73 heavy (non-hydrogen) atoms. The second-order valence-electron chi connectivity index (χ2n) is 22.4. The van der Waals surface area contributed by atoms with E-state index in [1.807, 2.05) is 0 Å². The van der Waals surface area contributed by atoms with Gasteiger partial charge in [0, 0.05) is 19.3 Å². The van der Waals surface area contributed by atoms with Crippen molar-refractivity contribution < 1.29 is 28.6 Å². The number of esters is 3. The Hall–Kier alpha value is -2.11. The van der Waals surface area contributed by atoms with Crippen LogP contribution < -0.4 is 0 Å². The van der Waals surface area contributed by atoms with Gasteiger partial charge in [0.2, 0.25) is 0 Å². The van der Waals surface area contributed by atoms with Gasteiger partial charge in [-0.25, -0.2) is 0 Å². The van der Waals surface area contributed by atoms with E-state index in [0.717, 1.165) is 64.2 Å². The van der Waals surface area contributed by atoms with Gasteiger partial charge >= 0.3 is 17.9 Å². The molecule has 0 radical (unpaired) electrons. The highest BCUT2D eigenvalue weighted by Crippen LogP contribution is 2.18. The highest BCUT2D eigenvalue weighted by molar-refractivity contribution is 5.71. The molecule has 0 spiro atoms. The third-order valence-corrected chi connectivity index (χ3v) is 14.9. The van der Waals surface area contributed by atoms with E-state index >= 15 is 0 Å². The summed E-state index contributed by atoms with van der Waals surface area (Å²) in [6, 6.07) is 0. The summed E-state index contributed by atoms with van der Waals surface area (Å²) < 4.78 is 16.9. The van der Waals surface area contributed by atoms with Gasteiger partial charge in [-0.2, -0.15) is 0 Å². The fraction of sp³-hybridized carbons (Fsp3) is 0.896. The molecule has 0 aliphatic rings. The van der Waals surface area contributed by atoms with E-state index in [0.29, 0.717) is 19.3 Å². The van der Waals surface area contributed by atoms with Gasteiger partial charge in [-0.3, -0.25) is 14.4 Å². The number of allylic oxidation sites excluding steroid dienone is 4. The lowest BCUT2D eigenvalue weighted by Crippen LogP contribution is -2.30. The first-order valence-corrected chi connectivity index (χ1v) is 32.8. The third-order valence-electron chi connectivity index (χ3n) is 14.9. The molecule has 0 saturated heterocycles. The molecule has 0 aliphatic heterocycles. The summed E-state index contributed by atoms with van der Waals surface area (Å²) in [6.07, 6.45) is 74.7. The monoisotopic (exact) mass is 1030 g/mol. The van der Waals surface area contributed by atoms with Crippen LogP contribution in [0.1, 0.15) is 367 Å². The maximum atomic E-state index is 12.9. The fourth-order valence-electron chi connectivity index (χ4n) is 9.97. The molecule has 0 aromatic rings. The molecule has 0 bridgehead atoms. The topological polar surface area (TPSA) is 78.9 Å². The summed E-state index contributed by atoms with van der Waals surface area (Å²) in [6.45, 7) is 6.68. The molecule has 0 fully saturated rings. The minimum absolute atomic E-state index is 0.0691. The molecule has 0 saturated carbocycles. The van der Waals surface area contributed by atoms with Crippen LogP contribution in [0.3, 0.4) is 0 Å². The van der Waals surface area contributed by atoms with Crippen LogP contribution in [-0.4, -0.2) is 37.2 Å². The predicted molar refractivity (Wildman–Crippen MR) is 316 cm³/mol. The van der Waals surface area contributed by atoms with Crippen molar-refractivity contribution in [2.45, 2.75) is 374 Å². The minimum Gasteiger partial charge on any atom is -0.462 e. The SMILES string of the molecule is CCCCCC/C=C\CCCCCCCC(=O)OC[C@@H](COC(=O)CCCCCCCCCCCCC/C=C\CCCCCCCC)OC(=O)CCCCCCCCCCCCCCCCCCCCCCC. The Balaban J connectivity index is 4.26. The van der Waals surface area contributed by atoms with Gasteiger partial charge in [-0.15, -0.1) is 0 Å². The summed E-state index contributed by atoms with van der Waals surface area (Å²) in [4.78, 5) is 38.3. The van der Waals surface area contributed by atoms with Gasteiger partial charge < -0.3 is 14.2 Å². The summed E-state index contributed by atoms with van der Waals surface area (Å²) in [5.41, 5.74) is 0. The highest BCUT2D eigenvalue weighted by Gasteiger charge is 2.19. The van der Waals surface area contributed by atoms with Gasteiger partial charge in [-0.05, 0) is 70.6 Å². The van der Waals surface area contributed by atoms with Crippen molar-refractivity contribution in [2.24, 2.45) is 0 Å². The molecular formula is C67H126O6. The molecule has 0 heterocycles. The summed E-state index contributed by atoms with van der Waals surface area (Å²) >= 11 is 0. The van der Waals surface area contributed by atoms with Crippen molar-refractivity contribution in [3.05, 3.63) is 24.3 Å². The average molecular weight is 1030 g/mol. The van der Waals surface area contributed by atoms with E-state index in [9.17, 15) is 14.4 Å². The maximum absolute atomic E-state index is 12.9. The molecular weight excluding hydrogens is 901 g/mol. The van der Waals surface area contributed by atoms with Crippen molar-refractivity contribution in [3.8, 4) is 0 Å². The van der Waals surface area contributed by atoms with E-state index in [1.165, 1.54) is 263 Å². The van der Waals surface area contributed by atoms with Crippen molar-refractivity contribution in [2.75, 3.05) is 13.2 Å². The maximum Gasteiger partial charge on any atom is 0.306 e. The number of unbranched alkanes of at least 4 members (excludes halogenated alkanes) is 46. The van der Waals surface area contributed by atoms with Crippen LogP contribution in [0.15, 0.2) is 24.3 Å². The van der Waals surface area contributed by atoms with E-state index in [4.69, 9.17) is 14.2 Å². The molecule has 0 N–H and O–H groups in total. The van der Waals surface area contributed by atoms with Gasteiger partial charge in [0.25, 0.3) is 0 Å². The number of ether oxygens (including phenoxy) is 3. The molecule has 0 rings (SSSR count). The number of hydrogen-bond donors (Lipinski definition) is 0. The molecule has 6 nitrogen and oxygen atoms in total. The van der Waals surface area contributed by atoms with Crippen LogP contribution in [0.2, 0.25) is 0 Å². The number of carbonyl (C=O) groups is 3. The standard InChI is InChI=1S/C67H126O6/c1-4-7-10-13-16-19-22-25-27-29-31-33-35-37-39-42-45-48-51-54-57-60-66(69)72-63-64(62-71-65(68)59-56-53-50-47-44-41-24-21-18-15-12-9-6-3)73-67(70)61-58-55-52-49-46-43-40-38-36-34-32-30-28-26-23-20-17-14-11-8-5-2/h21,24-25,27,64H,4-20,22-23,26,28-63H2,1-3H3/b24-21-,27-25-/t64-/m0/s1. The van der Waals surface area contributed by atoms with Crippen LogP contribution in [0, 0.1) is 0 Å². The van der Waals surface area contributed by atoms with Crippen LogP contribution in [0.5, 0.6) is 0 Å². The first kappa shape index (κ1) is 70.9. The molecule has 0 aromatic carbocycles. The summed E-state index contributed by atoms with van der Waals surface area (Å²) in [5, 5.41) is 0. The second-order valence-corrected chi connectivity index (χ2v) is 22.4. The molecule has 0 amide bonds. The van der Waals surface area contributed by atoms with E-state index in [2.05, 4.69) is 45.1 Å². The Kier molecular flexibility index (Phi) is 60.6. The normalized spacial score (nSPS) is 12.1.